The van der Waals surface area contributed by atoms with Crippen molar-refractivity contribution in [3.63, 3.8) is 0 Å². The number of aryl methyl sites for hydroxylation is 2. The van der Waals surface area contributed by atoms with Crippen molar-refractivity contribution in [3.8, 4) is 17.9 Å². The smallest absolute Gasteiger partial charge is 0.341 e. The summed E-state index contributed by atoms with van der Waals surface area (Å²) in [5.74, 6) is -1.88. The van der Waals surface area contributed by atoms with Gasteiger partial charge in [-0.1, -0.05) is 12.8 Å². The van der Waals surface area contributed by atoms with Gasteiger partial charge >= 0.3 is 5.97 Å². The van der Waals surface area contributed by atoms with E-state index in [0.29, 0.717) is 19.4 Å². The Morgan fingerprint density at radius 1 is 0.846 bits per heavy atom. The molecule has 0 aliphatic heterocycles. The fraction of sp³-hybridized carbons (Fsp3) is 0.256. The Hall–Kier alpha value is -6.73. The maximum absolute atomic E-state index is 11.9. The number of aromatic nitrogens is 7. The number of aromatic amines is 1. The quantitative estimate of drug-likeness (QED) is 0.189. The van der Waals surface area contributed by atoms with Crippen LogP contribution in [0.2, 0.25) is 0 Å². The summed E-state index contributed by atoms with van der Waals surface area (Å²) < 4.78 is 5.69. The summed E-state index contributed by atoms with van der Waals surface area (Å²) in [5, 5.41) is 36.3. The molecule has 1 fully saturated rings. The Bertz CT molecular complexity index is 2540. The standard InChI is InChI=1S/C20H21N3O4.C10H9N3.C9H7N3/c1-22-10-14(17-15(22)5-4-8-21-17)20(6-2-3-7-20)12-23-9-13(19(26)27)18(25)16(24)11-23;1-13-7-8(4-5-11)10-9(13)3-2-6-12-10;10-4-3-7-6-12-8-2-1-5-11-9(7)8/h4-5,8-11,24H,2-3,6-7,12H2,1H3,(H,26,27);2-3,6-7H,4H2,1H3;1-2,5-6,12H,3H2. The number of H-pyrrole nitrogens is 1. The molecule has 1 saturated carbocycles. The van der Waals surface area contributed by atoms with Gasteiger partial charge in [-0.25, -0.2) is 4.79 Å². The lowest BCUT2D eigenvalue weighted by molar-refractivity contribution is 0.0693. The first-order valence-electron chi connectivity index (χ1n) is 16.8. The molecule has 3 N–H and O–H groups in total. The molecule has 0 amide bonds. The SMILES string of the molecule is Cn1cc(C2(Cn3cc(O)c(=O)c(C(=O)O)c3)CCCC2)c2ncccc21.Cn1cc(CC#N)c2ncccc21.N#CCc1c[nH]c2cccnc12. The number of hydrogen-bond donors (Lipinski definition) is 3. The van der Waals surface area contributed by atoms with Crippen LogP contribution < -0.4 is 5.43 Å². The number of aromatic carboxylic acids is 1. The maximum atomic E-state index is 11.9. The van der Waals surface area contributed by atoms with Gasteiger partial charge in [0, 0.05) is 92.3 Å². The Labute approximate surface area is 298 Å². The van der Waals surface area contributed by atoms with Crippen LogP contribution >= 0.6 is 0 Å². The second-order valence-electron chi connectivity index (χ2n) is 12.9. The predicted octanol–water partition coefficient (Wildman–Crippen LogP) is 5.92. The lowest BCUT2D eigenvalue weighted by Crippen LogP contribution is -2.30. The van der Waals surface area contributed by atoms with Crippen molar-refractivity contribution in [1.29, 1.82) is 10.5 Å². The molecule has 0 spiro atoms. The van der Waals surface area contributed by atoms with Crippen LogP contribution in [0.5, 0.6) is 5.75 Å². The highest BCUT2D eigenvalue weighted by atomic mass is 16.4. The maximum Gasteiger partial charge on any atom is 0.341 e. The van der Waals surface area contributed by atoms with E-state index in [9.17, 15) is 19.8 Å². The molecule has 8 rings (SSSR count). The summed E-state index contributed by atoms with van der Waals surface area (Å²) in [6.07, 6.45) is 18.7. The summed E-state index contributed by atoms with van der Waals surface area (Å²) in [4.78, 5) is 39.3. The third-order valence-corrected chi connectivity index (χ3v) is 9.53. The van der Waals surface area contributed by atoms with Gasteiger partial charge in [0.05, 0.1) is 58.1 Å². The molecule has 262 valence electrons. The lowest BCUT2D eigenvalue weighted by Gasteiger charge is -2.30. The van der Waals surface area contributed by atoms with E-state index in [4.69, 9.17) is 10.5 Å². The number of hydrogen-bond acceptors (Lipinski definition) is 8. The number of pyridine rings is 4. The zero-order valence-corrected chi connectivity index (χ0v) is 28.8. The second-order valence-corrected chi connectivity index (χ2v) is 12.9. The molecule has 0 aromatic carbocycles. The summed E-state index contributed by atoms with van der Waals surface area (Å²) in [5.41, 5.74) is 7.51. The Morgan fingerprint density at radius 2 is 1.44 bits per heavy atom. The number of carboxylic acids is 1. The molecule has 1 aliphatic rings. The van der Waals surface area contributed by atoms with Crippen LogP contribution in [0.4, 0.5) is 0 Å². The van der Waals surface area contributed by atoms with Crippen LogP contribution in [0.15, 0.2) is 90.8 Å². The third kappa shape index (κ3) is 6.98. The zero-order chi connectivity index (χ0) is 36.8. The van der Waals surface area contributed by atoms with Crippen molar-refractivity contribution < 1.29 is 15.0 Å². The van der Waals surface area contributed by atoms with E-state index in [1.807, 2.05) is 67.5 Å². The lowest BCUT2D eigenvalue weighted by atomic mass is 9.79. The molecule has 13 nitrogen and oxygen atoms in total. The first-order chi connectivity index (χ1) is 25.2. The van der Waals surface area contributed by atoms with Crippen LogP contribution in [-0.2, 0) is 38.9 Å². The first-order valence-corrected chi connectivity index (χ1v) is 16.8. The van der Waals surface area contributed by atoms with Crippen molar-refractivity contribution in [2.24, 2.45) is 14.1 Å². The molecule has 13 heteroatoms. The van der Waals surface area contributed by atoms with Crippen LogP contribution in [-0.4, -0.2) is 49.8 Å². The number of nitrogens with zero attached hydrogens (tertiary/aromatic N) is 8. The Morgan fingerprint density at radius 3 is 2.12 bits per heavy atom. The minimum Gasteiger partial charge on any atom is -0.503 e. The van der Waals surface area contributed by atoms with Gasteiger partial charge in [0.25, 0.3) is 0 Å². The number of nitrogens with one attached hydrogen (secondary N) is 1. The fourth-order valence-electron chi connectivity index (χ4n) is 7.11. The third-order valence-electron chi connectivity index (χ3n) is 9.53. The van der Waals surface area contributed by atoms with Crippen LogP contribution in [0.1, 0.15) is 52.7 Å². The van der Waals surface area contributed by atoms with E-state index >= 15 is 0 Å². The molecule has 0 unspecified atom stereocenters. The van der Waals surface area contributed by atoms with Gasteiger partial charge < -0.3 is 28.9 Å². The minimum absolute atomic E-state index is 0.217. The number of carboxylic acid groups (broad SMARTS) is 1. The van der Waals surface area contributed by atoms with E-state index in [1.165, 1.54) is 12.4 Å². The minimum atomic E-state index is -1.34. The average Bonchev–Trinajstić information content (AvgIpc) is 3.94. The van der Waals surface area contributed by atoms with E-state index in [2.05, 4.69) is 42.8 Å². The van der Waals surface area contributed by atoms with E-state index in [1.54, 1.807) is 23.2 Å². The number of nitriles is 2. The summed E-state index contributed by atoms with van der Waals surface area (Å²) in [7, 11) is 3.95. The molecule has 0 bridgehead atoms. The Balaban J connectivity index is 0.000000153. The molecule has 0 atom stereocenters. The van der Waals surface area contributed by atoms with Crippen molar-refractivity contribution in [2.45, 2.75) is 50.5 Å². The highest BCUT2D eigenvalue weighted by molar-refractivity contribution is 5.87. The monoisotopic (exact) mass is 695 g/mol. The molecule has 1 aliphatic carbocycles. The van der Waals surface area contributed by atoms with Crippen LogP contribution in [0.25, 0.3) is 33.1 Å². The van der Waals surface area contributed by atoms with Crippen molar-refractivity contribution in [1.82, 2.24) is 33.6 Å². The molecule has 7 aromatic heterocycles. The molecule has 7 heterocycles. The average molecular weight is 696 g/mol. The topological polar surface area (TPSA) is 191 Å². The van der Waals surface area contributed by atoms with Gasteiger partial charge in [0.1, 0.15) is 5.56 Å². The highest BCUT2D eigenvalue weighted by Gasteiger charge is 2.39. The number of aromatic hydroxyl groups is 1. The zero-order valence-electron chi connectivity index (χ0n) is 28.8. The van der Waals surface area contributed by atoms with Gasteiger partial charge in [0.2, 0.25) is 5.43 Å². The van der Waals surface area contributed by atoms with Crippen molar-refractivity contribution in [3.05, 3.63) is 118 Å². The normalized spacial score (nSPS) is 13.2. The summed E-state index contributed by atoms with van der Waals surface area (Å²) in [6, 6.07) is 15.9. The number of fused-ring (bicyclic) bond motifs is 3. The second kappa shape index (κ2) is 15.0. The molecule has 0 radical (unpaired) electrons. The van der Waals surface area contributed by atoms with Gasteiger partial charge in [-0.15, -0.1) is 0 Å². The van der Waals surface area contributed by atoms with Crippen molar-refractivity contribution in [2.75, 3.05) is 0 Å². The predicted molar refractivity (Wildman–Crippen MR) is 196 cm³/mol. The fourth-order valence-corrected chi connectivity index (χ4v) is 7.11. The van der Waals surface area contributed by atoms with Crippen molar-refractivity contribution >= 4 is 39.1 Å². The molecule has 0 saturated heterocycles. The van der Waals surface area contributed by atoms with Gasteiger partial charge in [0.15, 0.2) is 5.75 Å². The van der Waals surface area contributed by atoms with E-state index in [-0.39, 0.29) is 5.41 Å². The Kier molecular flexibility index (Phi) is 10.1. The van der Waals surface area contributed by atoms with E-state index < -0.39 is 22.7 Å². The first kappa shape index (κ1) is 35.1. The number of rotatable bonds is 6. The summed E-state index contributed by atoms with van der Waals surface area (Å²) in [6.45, 7) is 0.483. The van der Waals surface area contributed by atoms with Crippen LogP contribution in [0.3, 0.4) is 0 Å². The van der Waals surface area contributed by atoms with Gasteiger partial charge in [-0.3, -0.25) is 19.7 Å². The molecule has 7 aromatic rings. The highest BCUT2D eigenvalue weighted by Crippen LogP contribution is 2.45. The molecular weight excluding hydrogens is 658 g/mol. The van der Waals surface area contributed by atoms with Gasteiger partial charge in [-0.05, 0) is 49.2 Å². The van der Waals surface area contributed by atoms with Crippen LogP contribution in [0, 0.1) is 22.7 Å². The number of carbonyl (C=O) groups is 1. The largest absolute Gasteiger partial charge is 0.503 e. The molecular formula is C39H37N9O4. The van der Waals surface area contributed by atoms with Gasteiger partial charge in [-0.2, -0.15) is 10.5 Å². The summed E-state index contributed by atoms with van der Waals surface area (Å²) >= 11 is 0. The molecule has 52 heavy (non-hydrogen) atoms. The van der Waals surface area contributed by atoms with E-state index in [0.717, 1.165) is 75.5 Å².